The first-order valence-electron chi connectivity index (χ1n) is 11.4. The minimum atomic E-state index is -0.256. The predicted molar refractivity (Wildman–Crippen MR) is 122 cm³/mol. The Morgan fingerprint density at radius 1 is 0.875 bits per heavy atom. The molecule has 0 radical (unpaired) electrons. The number of fused-ring (bicyclic) bond motifs is 1. The minimum absolute atomic E-state index is 0.0205. The quantitative estimate of drug-likeness (QED) is 0.408. The third-order valence-electron chi connectivity index (χ3n) is 5.86. The fourth-order valence-corrected chi connectivity index (χ4v) is 4.02. The van der Waals surface area contributed by atoms with Gasteiger partial charge in [0, 0.05) is 18.4 Å². The maximum absolute atomic E-state index is 15.1. The third kappa shape index (κ3) is 5.91. The van der Waals surface area contributed by atoms with Crippen LogP contribution in [0, 0.1) is 11.6 Å². The second-order valence-electron chi connectivity index (χ2n) is 8.35. The summed E-state index contributed by atoms with van der Waals surface area (Å²) in [6.07, 6.45) is 3.59. The van der Waals surface area contributed by atoms with Crippen LogP contribution in [0.4, 0.5) is 8.78 Å². The van der Waals surface area contributed by atoms with E-state index in [2.05, 4.69) is 6.92 Å². The lowest BCUT2D eigenvalue weighted by atomic mass is 9.98. The predicted octanol–water partition coefficient (Wildman–Crippen LogP) is 6.00. The van der Waals surface area contributed by atoms with Crippen molar-refractivity contribution in [3.63, 3.8) is 0 Å². The Hall–Kier alpha value is -2.34. The summed E-state index contributed by atoms with van der Waals surface area (Å²) < 4.78 is 45.3. The molecule has 0 aliphatic carbocycles. The van der Waals surface area contributed by atoms with Gasteiger partial charge < -0.3 is 14.2 Å². The molecule has 0 atom stereocenters. The fraction of sp³-hybridized carbons (Fsp3) is 0.407. The second kappa shape index (κ2) is 11.0. The van der Waals surface area contributed by atoms with Crippen molar-refractivity contribution in [2.24, 2.45) is 0 Å². The van der Waals surface area contributed by atoms with Crippen LogP contribution < -0.4 is 0 Å². The van der Waals surface area contributed by atoms with Crippen LogP contribution in [0.5, 0.6) is 0 Å². The van der Waals surface area contributed by atoms with Gasteiger partial charge in [0.05, 0.1) is 13.2 Å². The van der Waals surface area contributed by atoms with Crippen molar-refractivity contribution in [3.8, 4) is 0 Å². The molecule has 4 rings (SSSR count). The lowest BCUT2D eigenvalue weighted by molar-refractivity contribution is -0.227. The van der Waals surface area contributed by atoms with Crippen LogP contribution in [0.2, 0.25) is 0 Å². The van der Waals surface area contributed by atoms with E-state index in [4.69, 9.17) is 14.2 Å². The van der Waals surface area contributed by atoms with Gasteiger partial charge in [0.1, 0.15) is 17.7 Å². The molecule has 1 fully saturated rings. The van der Waals surface area contributed by atoms with Crippen LogP contribution in [-0.2, 0) is 33.5 Å². The van der Waals surface area contributed by atoms with E-state index >= 15 is 4.39 Å². The molecule has 3 aromatic carbocycles. The third-order valence-corrected chi connectivity index (χ3v) is 5.86. The summed E-state index contributed by atoms with van der Waals surface area (Å²) in [5, 5.41) is 1.52. The van der Waals surface area contributed by atoms with E-state index in [9.17, 15) is 4.39 Å². The molecule has 1 saturated heterocycles. The molecule has 0 N–H and O–H groups in total. The van der Waals surface area contributed by atoms with Gasteiger partial charge in [-0.3, -0.25) is 0 Å². The summed E-state index contributed by atoms with van der Waals surface area (Å²) in [6, 6.07) is 16.1. The number of hydrogen-bond acceptors (Lipinski definition) is 3. The van der Waals surface area contributed by atoms with Gasteiger partial charge >= 0.3 is 0 Å². The topological polar surface area (TPSA) is 27.7 Å². The number of rotatable bonds is 9. The molecule has 32 heavy (non-hydrogen) atoms. The normalized spacial score (nSPS) is 18.8. The van der Waals surface area contributed by atoms with Crippen molar-refractivity contribution < 1.29 is 23.0 Å². The highest BCUT2D eigenvalue weighted by Gasteiger charge is 2.22. The van der Waals surface area contributed by atoms with Gasteiger partial charge in [-0.2, -0.15) is 0 Å². The molecule has 0 spiro atoms. The Labute approximate surface area is 188 Å². The van der Waals surface area contributed by atoms with Gasteiger partial charge in [-0.1, -0.05) is 49.4 Å². The zero-order chi connectivity index (χ0) is 22.3. The molecule has 1 heterocycles. The van der Waals surface area contributed by atoms with Gasteiger partial charge in [0.25, 0.3) is 0 Å². The highest BCUT2D eigenvalue weighted by molar-refractivity contribution is 5.84. The van der Waals surface area contributed by atoms with E-state index in [-0.39, 0.29) is 24.0 Å². The number of benzene rings is 3. The molecule has 3 nitrogen and oxygen atoms in total. The van der Waals surface area contributed by atoms with Crippen LogP contribution in [0.1, 0.15) is 36.5 Å². The molecule has 170 valence electrons. The summed E-state index contributed by atoms with van der Waals surface area (Å²) in [7, 11) is 0. The van der Waals surface area contributed by atoms with Gasteiger partial charge in [-0.15, -0.1) is 0 Å². The first kappa shape index (κ1) is 22.8. The van der Waals surface area contributed by atoms with Crippen molar-refractivity contribution in [3.05, 3.63) is 82.9 Å². The highest BCUT2D eigenvalue weighted by atomic mass is 19.1. The Kier molecular flexibility index (Phi) is 7.85. The molecular weight excluding hydrogens is 410 g/mol. The van der Waals surface area contributed by atoms with Crippen molar-refractivity contribution in [1.29, 1.82) is 0 Å². The minimum Gasteiger partial charge on any atom is -0.373 e. The standard InChI is InChI=1S/C27H30F2O3/c1-2-15-30-24-17-31-26(32-18-24)14-7-20-6-13-25-22(16-20)10-9-21(27(25)29)8-3-19-4-11-23(28)12-5-19/h4-6,9-13,16,24,26H,2-3,7-8,14-15,17-18H2,1H3. The second-order valence-corrected chi connectivity index (χ2v) is 8.35. The Morgan fingerprint density at radius 3 is 2.38 bits per heavy atom. The van der Waals surface area contributed by atoms with E-state index < -0.39 is 0 Å². The van der Waals surface area contributed by atoms with Crippen molar-refractivity contribution in [2.45, 2.75) is 51.4 Å². The zero-order valence-corrected chi connectivity index (χ0v) is 18.5. The summed E-state index contributed by atoms with van der Waals surface area (Å²) in [5.41, 5.74) is 2.81. The van der Waals surface area contributed by atoms with Crippen LogP contribution in [0.15, 0.2) is 54.6 Å². The molecule has 1 aliphatic rings. The van der Waals surface area contributed by atoms with Gasteiger partial charge in [0.2, 0.25) is 0 Å². The Balaban J connectivity index is 1.33. The van der Waals surface area contributed by atoms with Crippen LogP contribution in [0.3, 0.4) is 0 Å². The molecule has 0 aromatic heterocycles. The average molecular weight is 441 g/mol. The SMILES string of the molecule is CCCOC1COC(CCc2ccc3c(F)c(CCc4ccc(F)cc4)ccc3c2)OC1. The lowest BCUT2D eigenvalue weighted by Crippen LogP contribution is -2.37. The van der Waals surface area contributed by atoms with Crippen molar-refractivity contribution in [1.82, 2.24) is 0 Å². The van der Waals surface area contributed by atoms with E-state index in [0.717, 1.165) is 42.4 Å². The summed E-state index contributed by atoms with van der Waals surface area (Å²) in [5.74, 6) is -0.429. The number of aryl methyl sites for hydroxylation is 3. The first-order chi connectivity index (χ1) is 15.6. The number of halogens is 2. The maximum Gasteiger partial charge on any atom is 0.158 e. The first-order valence-corrected chi connectivity index (χ1v) is 11.4. The maximum atomic E-state index is 15.1. The fourth-order valence-electron chi connectivity index (χ4n) is 4.02. The number of ether oxygens (including phenoxy) is 3. The summed E-state index contributed by atoms with van der Waals surface area (Å²) >= 11 is 0. The molecule has 1 aliphatic heterocycles. The van der Waals surface area contributed by atoms with Gasteiger partial charge in [-0.05, 0) is 59.9 Å². The van der Waals surface area contributed by atoms with E-state index in [1.807, 2.05) is 30.3 Å². The molecule has 0 bridgehead atoms. The average Bonchev–Trinajstić information content (AvgIpc) is 2.82. The smallest absolute Gasteiger partial charge is 0.158 e. The molecule has 3 aromatic rings. The van der Waals surface area contributed by atoms with Crippen LogP contribution in [0.25, 0.3) is 10.8 Å². The monoisotopic (exact) mass is 440 g/mol. The zero-order valence-electron chi connectivity index (χ0n) is 18.5. The summed E-state index contributed by atoms with van der Waals surface area (Å²) in [6.45, 7) is 3.93. The molecule has 5 heteroatoms. The van der Waals surface area contributed by atoms with E-state index in [0.29, 0.717) is 37.0 Å². The molecule has 0 unspecified atom stereocenters. The van der Waals surface area contributed by atoms with Gasteiger partial charge in [-0.25, -0.2) is 8.78 Å². The lowest BCUT2D eigenvalue weighted by Gasteiger charge is -2.29. The van der Waals surface area contributed by atoms with Crippen LogP contribution in [-0.4, -0.2) is 32.2 Å². The Bertz CT molecular complexity index is 1010. The number of hydrogen-bond donors (Lipinski definition) is 0. The molecule has 0 saturated carbocycles. The highest BCUT2D eigenvalue weighted by Crippen LogP contribution is 2.25. The molecule has 0 amide bonds. The Morgan fingerprint density at radius 2 is 1.62 bits per heavy atom. The van der Waals surface area contributed by atoms with Crippen LogP contribution >= 0.6 is 0 Å². The molecular formula is C27H30F2O3. The van der Waals surface area contributed by atoms with Crippen molar-refractivity contribution in [2.75, 3.05) is 19.8 Å². The van der Waals surface area contributed by atoms with E-state index in [1.165, 1.54) is 12.1 Å². The largest absolute Gasteiger partial charge is 0.373 e. The van der Waals surface area contributed by atoms with E-state index in [1.54, 1.807) is 12.1 Å². The van der Waals surface area contributed by atoms with Crippen molar-refractivity contribution >= 4 is 10.8 Å². The van der Waals surface area contributed by atoms with Gasteiger partial charge in [0.15, 0.2) is 6.29 Å². The summed E-state index contributed by atoms with van der Waals surface area (Å²) in [4.78, 5) is 0.